The fraction of sp³-hybridized carbons (Fsp3) is 0.750. The van der Waals surface area contributed by atoms with E-state index < -0.39 is 23.3 Å². The molecule has 0 radical (unpaired) electrons. The Labute approximate surface area is 96.7 Å². The van der Waals surface area contributed by atoms with Crippen LogP contribution in [0.15, 0.2) is 12.7 Å². The van der Waals surface area contributed by atoms with Crippen molar-refractivity contribution in [3.05, 3.63) is 12.7 Å². The van der Waals surface area contributed by atoms with Gasteiger partial charge in [0.05, 0.1) is 11.6 Å². The number of amides is 1. The first kappa shape index (κ1) is 13.0. The van der Waals surface area contributed by atoms with E-state index in [1.165, 1.54) is 6.08 Å². The highest BCUT2D eigenvalue weighted by Crippen LogP contribution is 2.35. The van der Waals surface area contributed by atoms with Crippen LogP contribution >= 0.6 is 0 Å². The Balaban J connectivity index is 2.57. The topological polar surface area (TPSA) is 58.6 Å². The van der Waals surface area contributed by atoms with Gasteiger partial charge in [-0.3, -0.25) is 0 Å². The monoisotopic (exact) mass is 227 g/mol. The van der Waals surface area contributed by atoms with Crippen LogP contribution in [0.5, 0.6) is 0 Å². The molecule has 0 saturated heterocycles. The van der Waals surface area contributed by atoms with E-state index >= 15 is 0 Å². The molecule has 1 unspecified atom stereocenters. The first-order valence-corrected chi connectivity index (χ1v) is 5.61. The van der Waals surface area contributed by atoms with Crippen LogP contribution in [0.3, 0.4) is 0 Å². The van der Waals surface area contributed by atoms with Crippen LogP contribution in [0.1, 0.15) is 40.0 Å². The third kappa shape index (κ3) is 2.98. The molecule has 1 aliphatic rings. The summed E-state index contributed by atoms with van der Waals surface area (Å²) in [7, 11) is 0. The number of alkyl carbamates (subject to hydrolysis) is 1. The fourth-order valence-corrected chi connectivity index (χ4v) is 1.78. The summed E-state index contributed by atoms with van der Waals surface area (Å²) in [6.45, 7) is 8.98. The molecule has 0 aromatic carbocycles. The predicted octanol–water partition coefficient (Wildman–Crippen LogP) is 1.98. The van der Waals surface area contributed by atoms with Gasteiger partial charge in [0, 0.05) is 0 Å². The van der Waals surface area contributed by atoms with Crippen LogP contribution in [0.4, 0.5) is 4.79 Å². The highest BCUT2D eigenvalue weighted by atomic mass is 16.6. The Morgan fingerprint density at radius 3 is 2.44 bits per heavy atom. The maximum atomic E-state index is 11.6. The molecule has 4 heteroatoms. The van der Waals surface area contributed by atoms with Gasteiger partial charge in [-0.05, 0) is 40.0 Å². The molecule has 0 bridgehead atoms. The van der Waals surface area contributed by atoms with E-state index in [2.05, 4.69) is 11.9 Å². The van der Waals surface area contributed by atoms with E-state index in [1.807, 2.05) is 20.8 Å². The van der Waals surface area contributed by atoms with Crippen LogP contribution in [-0.4, -0.2) is 28.4 Å². The third-order valence-corrected chi connectivity index (χ3v) is 2.79. The average molecular weight is 227 g/mol. The van der Waals surface area contributed by atoms with E-state index in [-0.39, 0.29) is 0 Å². The van der Waals surface area contributed by atoms with Crippen molar-refractivity contribution in [2.45, 2.75) is 57.3 Å². The zero-order valence-electron chi connectivity index (χ0n) is 10.2. The number of carbonyl (C=O) groups excluding carboxylic acids is 1. The molecule has 2 N–H and O–H groups in total. The second kappa shape index (κ2) is 4.45. The van der Waals surface area contributed by atoms with Crippen molar-refractivity contribution in [3.63, 3.8) is 0 Å². The number of hydrogen-bond donors (Lipinski definition) is 2. The van der Waals surface area contributed by atoms with Crippen LogP contribution in [0, 0.1) is 0 Å². The van der Waals surface area contributed by atoms with E-state index in [0.29, 0.717) is 0 Å². The second-order valence-electron chi connectivity index (χ2n) is 5.32. The zero-order valence-corrected chi connectivity index (χ0v) is 10.2. The summed E-state index contributed by atoms with van der Waals surface area (Å²) in [5, 5.41) is 12.5. The van der Waals surface area contributed by atoms with Crippen molar-refractivity contribution in [1.29, 1.82) is 0 Å². The van der Waals surface area contributed by atoms with Crippen LogP contribution in [0.25, 0.3) is 0 Å². The maximum absolute atomic E-state index is 11.6. The van der Waals surface area contributed by atoms with Crippen molar-refractivity contribution in [2.24, 2.45) is 0 Å². The lowest BCUT2D eigenvalue weighted by Crippen LogP contribution is -2.61. The number of ether oxygens (including phenoxy) is 1. The number of nitrogens with one attached hydrogen (secondary N) is 1. The third-order valence-electron chi connectivity index (χ3n) is 2.79. The molecule has 0 aromatic rings. The fourth-order valence-electron chi connectivity index (χ4n) is 1.78. The highest BCUT2D eigenvalue weighted by Gasteiger charge is 2.44. The zero-order chi connectivity index (χ0) is 12.4. The van der Waals surface area contributed by atoms with Crippen LogP contribution in [0.2, 0.25) is 0 Å². The first-order valence-electron chi connectivity index (χ1n) is 5.61. The summed E-state index contributed by atoms with van der Waals surface area (Å²) >= 11 is 0. The van der Waals surface area contributed by atoms with Gasteiger partial charge >= 0.3 is 6.09 Å². The highest BCUT2D eigenvalue weighted by molar-refractivity contribution is 5.69. The Morgan fingerprint density at radius 2 is 2.12 bits per heavy atom. The Kier molecular flexibility index (Phi) is 3.63. The summed E-state index contributed by atoms with van der Waals surface area (Å²) in [4.78, 5) is 11.6. The molecular formula is C12H21NO3. The number of aliphatic hydroxyl groups excluding tert-OH is 1. The molecule has 1 fully saturated rings. The quantitative estimate of drug-likeness (QED) is 0.725. The molecule has 1 aliphatic carbocycles. The molecule has 0 spiro atoms. The molecule has 0 aromatic heterocycles. The largest absolute Gasteiger partial charge is 0.444 e. The van der Waals surface area contributed by atoms with Crippen LogP contribution < -0.4 is 5.32 Å². The summed E-state index contributed by atoms with van der Waals surface area (Å²) in [5.74, 6) is 0. The van der Waals surface area contributed by atoms with Crippen molar-refractivity contribution in [2.75, 3.05) is 0 Å². The van der Waals surface area contributed by atoms with E-state index in [9.17, 15) is 9.90 Å². The van der Waals surface area contributed by atoms with Gasteiger partial charge in [-0.1, -0.05) is 6.08 Å². The minimum absolute atomic E-state index is 0.479. The molecule has 92 valence electrons. The Bertz CT molecular complexity index is 276. The van der Waals surface area contributed by atoms with E-state index in [4.69, 9.17) is 4.74 Å². The molecule has 1 amide bonds. The number of hydrogen-bond acceptors (Lipinski definition) is 3. The molecule has 1 atom stereocenters. The molecule has 0 heterocycles. The first-order chi connectivity index (χ1) is 7.29. The second-order valence-corrected chi connectivity index (χ2v) is 5.32. The molecule has 1 rings (SSSR count). The minimum Gasteiger partial charge on any atom is -0.444 e. The molecule has 0 aliphatic heterocycles. The number of rotatable bonds is 3. The predicted molar refractivity (Wildman–Crippen MR) is 62.2 cm³/mol. The van der Waals surface area contributed by atoms with Crippen molar-refractivity contribution < 1.29 is 14.6 Å². The van der Waals surface area contributed by atoms with Crippen LogP contribution in [-0.2, 0) is 4.74 Å². The minimum atomic E-state index is -0.714. The van der Waals surface area contributed by atoms with Gasteiger partial charge in [0.2, 0.25) is 0 Å². The normalized spacial score (nSPS) is 20.5. The lowest BCUT2D eigenvalue weighted by atomic mass is 9.72. The maximum Gasteiger partial charge on any atom is 0.408 e. The summed E-state index contributed by atoms with van der Waals surface area (Å²) in [6.07, 6.45) is 2.79. The van der Waals surface area contributed by atoms with E-state index in [0.717, 1.165) is 19.3 Å². The molecule has 16 heavy (non-hydrogen) atoms. The number of aliphatic hydroxyl groups is 1. The summed E-state index contributed by atoms with van der Waals surface area (Å²) in [5.41, 5.74) is -1.09. The lowest BCUT2D eigenvalue weighted by Gasteiger charge is -2.44. The standard InChI is InChI=1S/C12H21NO3/c1-5-9(14)12(7-6-8-12)13-10(15)16-11(2,3)4/h5,9,14H,1,6-8H2,2-4H3,(H,13,15). The average Bonchev–Trinajstić information content (AvgIpc) is 2.07. The van der Waals surface area contributed by atoms with Gasteiger partial charge in [-0.15, -0.1) is 6.58 Å². The summed E-state index contributed by atoms with van der Waals surface area (Å²) < 4.78 is 5.17. The van der Waals surface area contributed by atoms with Gasteiger partial charge in [-0.2, -0.15) is 0 Å². The molecule has 4 nitrogen and oxygen atoms in total. The van der Waals surface area contributed by atoms with Gasteiger partial charge in [0.1, 0.15) is 5.60 Å². The van der Waals surface area contributed by atoms with Gasteiger partial charge < -0.3 is 15.2 Å². The van der Waals surface area contributed by atoms with E-state index in [1.54, 1.807) is 0 Å². The molecule has 1 saturated carbocycles. The van der Waals surface area contributed by atoms with Gasteiger partial charge in [0.25, 0.3) is 0 Å². The smallest absolute Gasteiger partial charge is 0.408 e. The number of carbonyl (C=O) groups is 1. The Morgan fingerprint density at radius 1 is 1.56 bits per heavy atom. The summed E-state index contributed by atoms with van der Waals surface area (Å²) in [6, 6.07) is 0. The van der Waals surface area contributed by atoms with Crippen molar-refractivity contribution >= 4 is 6.09 Å². The lowest BCUT2D eigenvalue weighted by molar-refractivity contribution is 0.00850. The van der Waals surface area contributed by atoms with Crippen molar-refractivity contribution in [1.82, 2.24) is 5.32 Å². The van der Waals surface area contributed by atoms with Crippen molar-refractivity contribution in [3.8, 4) is 0 Å². The van der Waals surface area contributed by atoms with Gasteiger partial charge in [-0.25, -0.2) is 4.79 Å². The molecular weight excluding hydrogens is 206 g/mol. The van der Waals surface area contributed by atoms with Gasteiger partial charge in [0.15, 0.2) is 0 Å². The Hall–Kier alpha value is -1.03. The SMILES string of the molecule is C=CC(O)C1(NC(=O)OC(C)(C)C)CCC1.